The zero-order chi connectivity index (χ0) is 12.4. The SMILES string of the molecule is CCn1cc(C(C)N(CC(=O)O)C2CC2)cn1. The highest BCUT2D eigenvalue weighted by molar-refractivity contribution is 5.69. The van der Waals surface area contributed by atoms with Gasteiger partial charge in [-0.15, -0.1) is 0 Å². The van der Waals surface area contributed by atoms with Gasteiger partial charge in [0.25, 0.3) is 0 Å². The molecule has 0 aliphatic heterocycles. The first-order valence-corrected chi connectivity index (χ1v) is 6.11. The van der Waals surface area contributed by atoms with Crippen LogP contribution in [0.15, 0.2) is 12.4 Å². The minimum absolute atomic E-state index is 0.114. The molecule has 17 heavy (non-hydrogen) atoms. The fourth-order valence-electron chi connectivity index (χ4n) is 2.10. The first-order valence-electron chi connectivity index (χ1n) is 6.11. The third-order valence-electron chi connectivity index (χ3n) is 3.29. The summed E-state index contributed by atoms with van der Waals surface area (Å²) in [6.07, 6.45) is 6.06. The Kier molecular flexibility index (Phi) is 3.47. The van der Waals surface area contributed by atoms with Gasteiger partial charge in [-0.05, 0) is 26.7 Å². The molecule has 5 heteroatoms. The van der Waals surface area contributed by atoms with Gasteiger partial charge in [0.15, 0.2) is 0 Å². The van der Waals surface area contributed by atoms with E-state index in [1.165, 1.54) is 0 Å². The molecular weight excluding hydrogens is 218 g/mol. The molecule has 1 heterocycles. The minimum atomic E-state index is -0.758. The van der Waals surface area contributed by atoms with Crippen molar-refractivity contribution < 1.29 is 9.90 Å². The van der Waals surface area contributed by atoms with Crippen LogP contribution < -0.4 is 0 Å². The third kappa shape index (κ3) is 2.85. The van der Waals surface area contributed by atoms with Gasteiger partial charge >= 0.3 is 5.97 Å². The van der Waals surface area contributed by atoms with Crippen LogP contribution in [0.5, 0.6) is 0 Å². The number of hydrogen-bond donors (Lipinski definition) is 1. The molecule has 5 nitrogen and oxygen atoms in total. The van der Waals surface area contributed by atoms with Gasteiger partial charge in [0.2, 0.25) is 0 Å². The Labute approximate surface area is 101 Å². The molecule has 1 saturated carbocycles. The predicted octanol–water partition coefficient (Wildman–Crippen LogP) is 1.51. The number of carboxylic acid groups (broad SMARTS) is 1. The van der Waals surface area contributed by atoms with Crippen LogP contribution in [0.1, 0.15) is 38.3 Å². The Morgan fingerprint density at radius 3 is 2.88 bits per heavy atom. The maximum atomic E-state index is 10.9. The molecule has 0 spiro atoms. The van der Waals surface area contributed by atoms with Gasteiger partial charge < -0.3 is 5.11 Å². The van der Waals surface area contributed by atoms with Crippen LogP contribution in [-0.4, -0.2) is 38.3 Å². The first-order chi connectivity index (χ1) is 8.11. The molecule has 0 aromatic carbocycles. The summed E-state index contributed by atoms with van der Waals surface area (Å²) in [7, 11) is 0. The van der Waals surface area contributed by atoms with E-state index >= 15 is 0 Å². The second-order valence-corrected chi connectivity index (χ2v) is 4.60. The van der Waals surface area contributed by atoms with Crippen LogP contribution in [0.3, 0.4) is 0 Å². The zero-order valence-corrected chi connectivity index (χ0v) is 10.3. The number of carbonyl (C=O) groups is 1. The normalized spacial score (nSPS) is 17.4. The summed E-state index contributed by atoms with van der Waals surface area (Å²) in [5.74, 6) is -0.758. The Hall–Kier alpha value is -1.36. The molecule has 94 valence electrons. The lowest BCUT2D eigenvalue weighted by molar-refractivity contribution is -0.139. The van der Waals surface area contributed by atoms with Crippen molar-refractivity contribution in [1.29, 1.82) is 0 Å². The van der Waals surface area contributed by atoms with E-state index in [2.05, 4.69) is 16.9 Å². The summed E-state index contributed by atoms with van der Waals surface area (Å²) < 4.78 is 1.87. The highest BCUT2D eigenvalue weighted by Gasteiger charge is 2.34. The predicted molar refractivity (Wildman–Crippen MR) is 63.7 cm³/mol. The van der Waals surface area contributed by atoms with Gasteiger partial charge in [0.1, 0.15) is 0 Å². The smallest absolute Gasteiger partial charge is 0.317 e. The Morgan fingerprint density at radius 1 is 1.71 bits per heavy atom. The quantitative estimate of drug-likeness (QED) is 0.814. The van der Waals surface area contributed by atoms with E-state index in [9.17, 15) is 4.79 Å². The van der Waals surface area contributed by atoms with Crippen molar-refractivity contribution in [3.05, 3.63) is 18.0 Å². The van der Waals surface area contributed by atoms with Crippen LogP contribution in [0.2, 0.25) is 0 Å². The summed E-state index contributed by atoms with van der Waals surface area (Å²) >= 11 is 0. The number of hydrogen-bond acceptors (Lipinski definition) is 3. The van der Waals surface area contributed by atoms with E-state index in [1.54, 1.807) is 0 Å². The van der Waals surface area contributed by atoms with Crippen molar-refractivity contribution in [2.45, 2.75) is 45.3 Å². The number of nitrogens with zero attached hydrogens (tertiary/aromatic N) is 3. The average molecular weight is 237 g/mol. The van der Waals surface area contributed by atoms with Crippen LogP contribution in [0.25, 0.3) is 0 Å². The monoisotopic (exact) mass is 237 g/mol. The summed E-state index contributed by atoms with van der Waals surface area (Å²) in [6, 6.07) is 0.560. The van der Waals surface area contributed by atoms with E-state index in [4.69, 9.17) is 5.11 Å². The molecular formula is C12H19N3O2. The zero-order valence-electron chi connectivity index (χ0n) is 10.3. The van der Waals surface area contributed by atoms with Crippen molar-refractivity contribution in [1.82, 2.24) is 14.7 Å². The topological polar surface area (TPSA) is 58.4 Å². The maximum absolute atomic E-state index is 10.9. The lowest BCUT2D eigenvalue weighted by Crippen LogP contribution is -2.34. The summed E-state index contributed by atoms with van der Waals surface area (Å²) in [5, 5.41) is 13.2. The molecule has 0 saturated heterocycles. The van der Waals surface area contributed by atoms with Crippen molar-refractivity contribution in [3.63, 3.8) is 0 Å². The standard InChI is InChI=1S/C12H19N3O2/c1-3-14-7-10(6-13-14)9(2)15(8-12(16)17)11-4-5-11/h6-7,9,11H,3-5,8H2,1-2H3,(H,16,17). The molecule has 1 unspecified atom stereocenters. The lowest BCUT2D eigenvalue weighted by Gasteiger charge is -2.26. The maximum Gasteiger partial charge on any atom is 0.317 e. The van der Waals surface area contributed by atoms with Crippen molar-refractivity contribution in [2.24, 2.45) is 0 Å². The Bertz CT molecular complexity index is 398. The van der Waals surface area contributed by atoms with Gasteiger partial charge in [0, 0.05) is 30.4 Å². The largest absolute Gasteiger partial charge is 0.480 e. The average Bonchev–Trinajstić information content (AvgIpc) is 3.02. The second-order valence-electron chi connectivity index (χ2n) is 4.60. The molecule has 0 amide bonds. The lowest BCUT2D eigenvalue weighted by atomic mass is 10.1. The summed E-state index contributed by atoms with van der Waals surface area (Å²) in [4.78, 5) is 12.9. The molecule has 1 fully saturated rings. The van der Waals surface area contributed by atoms with E-state index < -0.39 is 5.97 Å². The van der Waals surface area contributed by atoms with Gasteiger partial charge in [-0.3, -0.25) is 14.4 Å². The van der Waals surface area contributed by atoms with Crippen molar-refractivity contribution >= 4 is 5.97 Å². The fourth-order valence-corrected chi connectivity index (χ4v) is 2.10. The number of aliphatic carboxylic acids is 1. The molecule has 2 rings (SSSR count). The minimum Gasteiger partial charge on any atom is -0.480 e. The van der Waals surface area contributed by atoms with Gasteiger partial charge in [-0.2, -0.15) is 5.10 Å². The number of rotatable bonds is 6. The van der Waals surface area contributed by atoms with Gasteiger partial charge in [0.05, 0.1) is 12.7 Å². The van der Waals surface area contributed by atoms with E-state index in [-0.39, 0.29) is 12.6 Å². The molecule has 1 aromatic rings. The van der Waals surface area contributed by atoms with Gasteiger partial charge in [-0.1, -0.05) is 0 Å². The molecule has 1 aliphatic carbocycles. The molecule has 1 N–H and O–H groups in total. The summed E-state index contributed by atoms with van der Waals surface area (Å²) in [6.45, 7) is 5.05. The molecule has 1 atom stereocenters. The molecule has 1 aromatic heterocycles. The van der Waals surface area contributed by atoms with E-state index in [1.807, 2.05) is 24.0 Å². The van der Waals surface area contributed by atoms with Crippen molar-refractivity contribution in [2.75, 3.05) is 6.54 Å². The Balaban J connectivity index is 2.09. The molecule has 0 radical (unpaired) electrons. The van der Waals surface area contributed by atoms with Gasteiger partial charge in [-0.25, -0.2) is 0 Å². The highest BCUT2D eigenvalue weighted by atomic mass is 16.4. The fraction of sp³-hybridized carbons (Fsp3) is 0.667. The van der Waals surface area contributed by atoms with Crippen LogP contribution in [0.4, 0.5) is 0 Å². The summed E-state index contributed by atoms with van der Waals surface area (Å²) in [5.41, 5.74) is 1.10. The number of aromatic nitrogens is 2. The molecule has 0 bridgehead atoms. The molecule has 1 aliphatic rings. The number of aryl methyl sites for hydroxylation is 1. The van der Waals surface area contributed by atoms with E-state index in [0.29, 0.717) is 6.04 Å². The second kappa shape index (κ2) is 4.87. The van der Waals surface area contributed by atoms with Crippen LogP contribution in [0, 0.1) is 0 Å². The number of carboxylic acids is 1. The first kappa shape index (κ1) is 12.1. The van der Waals surface area contributed by atoms with Crippen LogP contribution in [-0.2, 0) is 11.3 Å². The highest BCUT2D eigenvalue weighted by Crippen LogP contribution is 2.33. The third-order valence-corrected chi connectivity index (χ3v) is 3.29. The van der Waals surface area contributed by atoms with E-state index in [0.717, 1.165) is 24.9 Å². The Morgan fingerprint density at radius 2 is 2.41 bits per heavy atom. The van der Waals surface area contributed by atoms with Crippen molar-refractivity contribution in [3.8, 4) is 0 Å². The van der Waals surface area contributed by atoms with Crippen LogP contribution >= 0.6 is 0 Å².